The van der Waals surface area contributed by atoms with Crippen LogP contribution in [-0.4, -0.2) is 44.8 Å². The number of nitrogens with one attached hydrogen (secondary N) is 2. The van der Waals surface area contributed by atoms with Crippen LogP contribution in [-0.2, 0) is 27.3 Å². The Bertz CT molecular complexity index is 952. The number of benzene rings is 2. The van der Waals surface area contributed by atoms with Gasteiger partial charge < -0.3 is 25.0 Å². The van der Waals surface area contributed by atoms with Gasteiger partial charge in [0.05, 0.1) is 5.69 Å². The summed E-state index contributed by atoms with van der Waals surface area (Å²) in [4.78, 5) is 35.4. The number of hydrogen-bond donors (Lipinski definition) is 4. The van der Waals surface area contributed by atoms with Crippen molar-refractivity contribution in [3.8, 4) is 5.75 Å². The van der Waals surface area contributed by atoms with E-state index in [2.05, 4.69) is 10.6 Å². The zero-order valence-corrected chi connectivity index (χ0v) is 18.7. The first-order valence-corrected chi connectivity index (χ1v) is 10.2. The average Bonchev–Trinajstić information content (AvgIpc) is 2.73. The first kappa shape index (κ1) is 25.4. The summed E-state index contributed by atoms with van der Waals surface area (Å²) in [5.41, 5.74) is 1.06. The maximum Gasteiger partial charge on any atom is 0.411 e. The highest BCUT2D eigenvalue weighted by molar-refractivity contribution is 6.67. The highest BCUT2D eigenvalue weighted by atomic mass is 35.6. The number of hydrogen-bond acceptors (Lipinski definition) is 6. The van der Waals surface area contributed by atoms with Crippen LogP contribution < -0.4 is 10.6 Å². The molecule has 0 saturated carbocycles. The highest BCUT2D eigenvalue weighted by Gasteiger charge is 2.24. The van der Waals surface area contributed by atoms with Gasteiger partial charge >= 0.3 is 18.2 Å². The summed E-state index contributed by atoms with van der Waals surface area (Å²) in [6.07, 6.45) is -2.07. The number of anilines is 1. The number of rotatable bonds is 8. The third-order valence-corrected chi connectivity index (χ3v) is 4.23. The van der Waals surface area contributed by atoms with E-state index in [0.29, 0.717) is 5.56 Å². The Hall–Kier alpha value is -2.88. The number of carbonyl (C=O) groups excluding carboxylic acids is 2. The van der Waals surface area contributed by atoms with E-state index < -0.39 is 34.6 Å². The van der Waals surface area contributed by atoms with Crippen molar-refractivity contribution >= 4 is 58.6 Å². The number of carbonyl (C=O) groups is 3. The molecule has 0 saturated heterocycles. The van der Waals surface area contributed by atoms with Crippen LogP contribution in [0.2, 0.25) is 0 Å². The van der Waals surface area contributed by atoms with Gasteiger partial charge in [0, 0.05) is 6.42 Å². The fourth-order valence-corrected chi connectivity index (χ4v) is 2.61. The van der Waals surface area contributed by atoms with Crippen LogP contribution in [0.3, 0.4) is 0 Å². The summed E-state index contributed by atoms with van der Waals surface area (Å²) in [6.45, 7) is -0.553. The van der Waals surface area contributed by atoms with Crippen LogP contribution in [0.5, 0.6) is 5.75 Å². The number of alkyl carbamates (subject to hydrolysis) is 1. The van der Waals surface area contributed by atoms with Crippen LogP contribution >= 0.6 is 34.8 Å². The SMILES string of the molecule is O=C(Nc1cc(CC(NC(=O)OCc2ccccc2)C(=O)O)ccc1O)OCC(Cl)(Cl)Cl. The van der Waals surface area contributed by atoms with Gasteiger partial charge in [-0.1, -0.05) is 71.2 Å². The van der Waals surface area contributed by atoms with Gasteiger partial charge in [-0.2, -0.15) is 0 Å². The van der Waals surface area contributed by atoms with Crippen molar-refractivity contribution in [1.82, 2.24) is 5.32 Å². The molecular formula is C20H19Cl3N2O7. The van der Waals surface area contributed by atoms with Gasteiger partial charge in [0.15, 0.2) is 0 Å². The Labute approximate surface area is 198 Å². The fraction of sp³-hybridized carbons (Fsp3) is 0.250. The summed E-state index contributed by atoms with van der Waals surface area (Å²) in [6, 6.07) is 11.5. The lowest BCUT2D eigenvalue weighted by Crippen LogP contribution is -2.42. The minimum Gasteiger partial charge on any atom is -0.506 e. The molecule has 0 aromatic heterocycles. The zero-order chi connectivity index (χ0) is 23.7. The molecule has 1 unspecified atom stereocenters. The van der Waals surface area contributed by atoms with Gasteiger partial charge in [-0.05, 0) is 23.3 Å². The minimum atomic E-state index is -1.81. The smallest absolute Gasteiger partial charge is 0.411 e. The van der Waals surface area contributed by atoms with Crippen molar-refractivity contribution in [2.45, 2.75) is 22.9 Å². The number of halogens is 3. The molecule has 2 amide bonds. The first-order chi connectivity index (χ1) is 15.0. The molecule has 172 valence electrons. The number of aromatic hydroxyl groups is 1. The van der Waals surface area contributed by atoms with E-state index in [-0.39, 0.29) is 24.5 Å². The number of carboxylic acid groups (broad SMARTS) is 1. The number of aliphatic carboxylic acids is 1. The highest BCUT2D eigenvalue weighted by Crippen LogP contribution is 2.27. The van der Waals surface area contributed by atoms with Crippen molar-refractivity contribution in [2.75, 3.05) is 11.9 Å². The monoisotopic (exact) mass is 504 g/mol. The summed E-state index contributed by atoms with van der Waals surface area (Å²) in [7, 11) is 0. The van der Waals surface area contributed by atoms with E-state index in [9.17, 15) is 24.6 Å². The maximum absolute atomic E-state index is 12.0. The molecule has 2 rings (SSSR count). The van der Waals surface area contributed by atoms with E-state index in [1.54, 1.807) is 24.3 Å². The second-order valence-electron chi connectivity index (χ2n) is 6.47. The fourth-order valence-electron chi connectivity index (χ4n) is 2.45. The quantitative estimate of drug-likeness (QED) is 0.311. The molecule has 0 heterocycles. The van der Waals surface area contributed by atoms with E-state index in [4.69, 9.17) is 44.3 Å². The Morgan fingerprint density at radius 2 is 1.66 bits per heavy atom. The number of phenols is 1. The molecule has 32 heavy (non-hydrogen) atoms. The molecule has 2 aromatic carbocycles. The molecule has 9 nitrogen and oxygen atoms in total. The third-order valence-electron chi connectivity index (χ3n) is 3.91. The molecule has 0 radical (unpaired) electrons. The van der Waals surface area contributed by atoms with Gasteiger partial charge in [-0.15, -0.1) is 0 Å². The summed E-state index contributed by atoms with van der Waals surface area (Å²) in [5, 5.41) is 23.9. The Morgan fingerprint density at radius 1 is 0.969 bits per heavy atom. The number of amides is 2. The lowest BCUT2D eigenvalue weighted by molar-refractivity contribution is -0.139. The van der Waals surface area contributed by atoms with Crippen LogP contribution in [0.15, 0.2) is 48.5 Å². The van der Waals surface area contributed by atoms with E-state index in [1.165, 1.54) is 18.2 Å². The standard InChI is InChI=1S/C20H19Cl3N2O7/c21-20(22,23)11-32-19(30)24-14-8-13(6-7-16(14)26)9-15(17(27)28)25-18(29)31-10-12-4-2-1-3-5-12/h1-8,15,26H,9-11H2,(H,24,30)(H,25,29)(H,27,28). The lowest BCUT2D eigenvalue weighted by Gasteiger charge is -2.16. The molecule has 1 atom stereocenters. The average molecular weight is 506 g/mol. The maximum atomic E-state index is 12.0. The predicted molar refractivity (Wildman–Crippen MR) is 118 cm³/mol. The van der Waals surface area contributed by atoms with Crippen LogP contribution in [0.1, 0.15) is 11.1 Å². The van der Waals surface area contributed by atoms with Gasteiger partial charge in [-0.3, -0.25) is 5.32 Å². The molecule has 0 aliphatic heterocycles. The van der Waals surface area contributed by atoms with E-state index in [1.807, 2.05) is 6.07 Å². The Kier molecular flexibility index (Phi) is 9.25. The Morgan fingerprint density at radius 3 is 2.28 bits per heavy atom. The number of carboxylic acids is 1. The lowest BCUT2D eigenvalue weighted by atomic mass is 10.0. The van der Waals surface area contributed by atoms with Crippen molar-refractivity contribution in [1.29, 1.82) is 0 Å². The largest absolute Gasteiger partial charge is 0.506 e. The molecule has 0 spiro atoms. The summed E-state index contributed by atoms with van der Waals surface area (Å²) >= 11 is 16.5. The molecule has 2 aromatic rings. The molecule has 0 fully saturated rings. The third kappa shape index (κ3) is 9.09. The van der Waals surface area contributed by atoms with Crippen molar-refractivity contribution in [3.63, 3.8) is 0 Å². The molecule has 12 heteroatoms. The molecule has 4 N–H and O–H groups in total. The van der Waals surface area contributed by atoms with Gasteiger partial charge in [0.25, 0.3) is 0 Å². The number of alkyl halides is 3. The topological polar surface area (TPSA) is 134 Å². The van der Waals surface area contributed by atoms with Crippen LogP contribution in [0, 0.1) is 0 Å². The molecule has 0 bridgehead atoms. The van der Waals surface area contributed by atoms with Crippen molar-refractivity contribution < 1.29 is 34.1 Å². The van der Waals surface area contributed by atoms with Crippen LogP contribution in [0.25, 0.3) is 0 Å². The minimum absolute atomic E-state index is 0.0252. The molecule has 0 aliphatic carbocycles. The summed E-state index contributed by atoms with van der Waals surface area (Å²) in [5.74, 6) is -1.60. The van der Waals surface area contributed by atoms with Gasteiger partial charge in [0.2, 0.25) is 3.79 Å². The second kappa shape index (κ2) is 11.7. The van der Waals surface area contributed by atoms with E-state index in [0.717, 1.165) is 5.56 Å². The molecule has 0 aliphatic rings. The van der Waals surface area contributed by atoms with Crippen molar-refractivity contribution in [3.05, 3.63) is 59.7 Å². The zero-order valence-electron chi connectivity index (χ0n) is 16.4. The second-order valence-corrected chi connectivity index (χ2v) is 8.98. The van der Waals surface area contributed by atoms with Crippen LogP contribution in [0.4, 0.5) is 15.3 Å². The normalized spacial score (nSPS) is 11.8. The molecular weight excluding hydrogens is 487 g/mol. The predicted octanol–water partition coefficient (Wildman–Crippen LogP) is 4.23. The first-order valence-electron chi connectivity index (χ1n) is 9.06. The van der Waals surface area contributed by atoms with Gasteiger partial charge in [0.1, 0.15) is 25.0 Å². The van der Waals surface area contributed by atoms with E-state index >= 15 is 0 Å². The Balaban J connectivity index is 1.98. The number of phenolic OH excluding ortho intramolecular Hbond substituents is 1. The van der Waals surface area contributed by atoms with Crippen molar-refractivity contribution in [2.24, 2.45) is 0 Å². The summed E-state index contributed by atoms with van der Waals surface area (Å²) < 4.78 is 7.94. The number of ether oxygens (including phenoxy) is 2. The van der Waals surface area contributed by atoms with Gasteiger partial charge in [-0.25, -0.2) is 14.4 Å².